The molecule has 1 aliphatic carbocycles. The molecule has 6 heteroatoms. The SMILES string of the molecule is O=C(Nc1cccc(Cn2cccn2)c1)N1CC2CC1(CO)C2. The predicted molar refractivity (Wildman–Crippen MR) is 86.0 cm³/mol. The lowest BCUT2D eigenvalue weighted by Gasteiger charge is -2.40. The standard InChI is InChI=1S/C17H20N4O2/c22-12-17-8-14(9-17)11-21(17)16(23)19-15-4-1-3-13(7-15)10-20-6-2-5-18-20/h1-7,14,22H,8-12H2,(H,19,23). The number of anilines is 1. The molecule has 6 nitrogen and oxygen atoms in total. The van der Waals surface area contributed by atoms with Crippen molar-refractivity contribution in [3.05, 3.63) is 48.3 Å². The second-order valence-electron chi connectivity index (χ2n) is 6.60. The van der Waals surface area contributed by atoms with E-state index in [4.69, 9.17) is 0 Å². The summed E-state index contributed by atoms with van der Waals surface area (Å²) in [6, 6.07) is 9.57. The summed E-state index contributed by atoms with van der Waals surface area (Å²) >= 11 is 0. The smallest absolute Gasteiger partial charge is 0.322 e. The first kappa shape index (κ1) is 14.3. The average molecular weight is 312 g/mol. The van der Waals surface area contributed by atoms with E-state index >= 15 is 0 Å². The molecule has 2 N–H and O–H groups in total. The highest BCUT2D eigenvalue weighted by molar-refractivity contribution is 5.90. The Morgan fingerprint density at radius 3 is 3.00 bits per heavy atom. The van der Waals surface area contributed by atoms with Crippen LogP contribution in [0, 0.1) is 5.92 Å². The Hall–Kier alpha value is -2.34. The van der Waals surface area contributed by atoms with Crippen molar-refractivity contribution in [2.45, 2.75) is 24.9 Å². The first-order valence-electron chi connectivity index (χ1n) is 7.94. The predicted octanol–water partition coefficient (Wildman–Crippen LogP) is 1.92. The molecule has 2 bridgehead atoms. The van der Waals surface area contributed by atoms with E-state index in [0.717, 1.165) is 30.6 Å². The van der Waals surface area contributed by atoms with Crippen molar-refractivity contribution >= 4 is 11.7 Å². The van der Waals surface area contributed by atoms with Gasteiger partial charge in [0.15, 0.2) is 0 Å². The van der Waals surface area contributed by atoms with Crippen LogP contribution in [0.2, 0.25) is 0 Å². The normalized spacial score (nSPS) is 25.3. The molecule has 5 rings (SSSR count). The molecule has 2 aliphatic heterocycles. The van der Waals surface area contributed by atoms with Gasteiger partial charge in [0.2, 0.25) is 0 Å². The van der Waals surface area contributed by atoms with Crippen molar-refractivity contribution in [3.63, 3.8) is 0 Å². The van der Waals surface area contributed by atoms with Gasteiger partial charge in [0.1, 0.15) is 0 Å². The second kappa shape index (κ2) is 5.38. The van der Waals surface area contributed by atoms with Crippen LogP contribution in [-0.4, -0.2) is 44.5 Å². The molecule has 0 atom stereocenters. The Labute approximate surface area is 134 Å². The van der Waals surface area contributed by atoms with Crippen LogP contribution in [0.3, 0.4) is 0 Å². The van der Waals surface area contributed by atoms with E-state index in [2.05, 4.69) is 10.4 Å². The second-order valence-corrected chi connectivity index (χ2v) is 6.60. The number of nitrogens with zero attached hydrogens (tertiary/aromatic N) is 3. The number of aliphatic hydroxyl groups is 1. The Balaban J connectivity index is 1.45. The number of rotatable bonds is 4. The minimum Gasteiger partial charge on any atom is -0.394 e. The van der Waals surface area contributed by atoms with Gasteiger partial charge in [-0.2, -0.15) is 5.10 Å². The average Bonchev–Trinajstić information content (AvgIpc) is 3.21. The molecule has 3 aliphatic rings. The molecule has 120 valence electrons. The number of nitrogens with one attached hydrogen (secondary N) is 1. The van der Waals surface area contributed by atoms with E-state index in [1.807, 2.05) is 41.2 Å². The molecule has 1 saturated carbocycles. The summed E-state index contributed by atoms with van der Waals surface area (Å²) in [5.41, 5.74) is 1.53. The largest absolute Gasteiger partial charge is 0.394 e. The van der Waals surface area contributed by atoms with Gasteiger partial charge < -0.3 is 15.3 Å². The number of benzene rings is 1. The topological polar surface area (TPSA) is 70.4 Å². The van der Waals surface area contributed by atoms with Crippen molar-refractivity contribution in [2.24, 2.45) is 5.92 Å². The highest BCUT2D eigenvalue weighted by Gasteiger charge is 2.57. The Morgan fingerprint density at radius 1 is 1.39 bits per heavy atom. The summed E-state index contributed by atoms with van der Waals surface area (Å²) in [4.78, 5) is 14.3. The number of carbonyl (C=O) groups excluding carboxylic acids is 1. The molecule has 0 spiro atoms. The fourth-order valence-corrected chi connectivity index (χ4v) is 3.85. The zero-order chi connectivity index (χ0) is 15.9. The molecule has 3 heterocycles. The lowest BCUT2D eigenvalue weighted by molar-refractivity contribution is 0.0587. The van der Waals surface area contributed by atoms with Gasteiger partial charge >= 0.3 is 6.03 Å². The maximum Gasteiger partial charge on any atom is 0.322 e. The van der Waals surface area contributed by atoms with Crippen molar-refractivity contribution in [1.82, 2.24) is 14.7 Å². The van der Waals surface area contributed by atoms with Gasteiger partial charge in [0, 0.05) is 24.6 Å². The van der Waals surface area contributed by atoms with Crippen LogP contribution < -0.4 is 5.32 Å². The molecule has 1 aromatic carbocycles. The number of urea groups is 1. The minimum atomic E-state index is -0.318. The van der Waals surface area contributed by atoms with Gasteiger partial charge in [-0.1, -0.05) is 12.1 Å². The number of carbonyl (C=O) groups is 1. The van der Waals surface area contributed by atoms with E-state index in [1.54, 1.807) is 11.1 Å². The molecular weight excluding hydrogens is 292 g/mol. The van der Waals surface area contributed by atoms with E-state index in [1.165, 1.54) is 0 Å². The molecule has 0 radical (unpaired) electrons. The van der Waals surface area contributed by atoms with Crippen molar-refractivity contribution in [2.75, 3.05) is 18.5 Å². The summed E-state index contributed by atoms with van der Waals surface area (Å²) < 4.78 is 1.84. The number of hydrogen-bond acceptors (Lipinski definition) is 3. The van der Waals surface area contributed by atoms with Crippen molar-refractivity contribution in [1.29, 1.82) is 0 Å². The van der Waals surface area contributed by atoms with E-state index in [0.29, 0.717) is 12.5 Å². The maximum absolute atomic E-state index is 12.5. The first-order valence-corrected chi connectivity index (χ1v) is 7.94. The number of fused-ring (bicyclic) bond motifs is 1. The van der Waals surface area contributed by atoms with Gasteiger partial charge in [-0.15, -0.1) is 0 Å². The summed E-state index contributed by atoms with van der Waals surface area (Å²) in [7, 11) is 0. The molecule has 1 aromatic heterocycles. The van der Waals surface area contributed by atoms with Crippen LogP contribution in [0.15, 0.2) is 42.7 Å². The third kappa shape index (κ3) is 2.49. The van der Waals surface area contributed by atoms with Gasteiger partial charge in [0.05, 0.1) is 18.7 Å². The van der Waals surface area contributed by atoms with Gasteiger partial charge in [-0.3, -0.25) is 4.68 Å². The monoisotopic (exact) mass is 312 g/mol. The summed E-state index contributed by atoms with van der Waals surface area (Å²) in [5, 5.41) is 16.8. The molecule has 0 unspecified atom stereocenters. The fourth-order valence-electron chi connectivity index (χ4n) is 3.85. The Kier molecular flexibility index (Phi) is 3.34. The fraction of sp³-hybridized carbons (Fsp3) is 0.412. The van der Waals surface area contributed by atoms with Gasteiger partial charge in [0.25, 0.3) is 0 Å². The summed E-state index contributed by atoms with van der Waals surface area (Å²) in [6.07, 6.45) is 5.51. The maximum atomic E-state index is 12.5. The van der Waals surface area contributed by atoms with Crippen LogP contribution >= 0.6 is 0 Å². The minimum absolute atomic E-state index is 0.0518. The molecule has 3 fully saturated rings. The van der Waals surface area contributed by atoms with Gasteiger partial charge in [-0.05, 0) is 42.5 Å². The Morgan fingerprint density at radius 2 is 2.26 bits per heavy atom. The van der Waals surface area contributed by atoms with Crippen molar-refractivity contribution < 1.29 is 9.90 Å². The van der Waals surface area contributed by atoms with Crippen LogP contribution in [0.5, 0.6) is 0 Å². The molecule has 2 amide bonds. The van der Waals surface area contributed by atoms with Crippen LogP contribution in [0.4, 0.5) is 10.5 Å². The Bertz CT molecular complexity index is 707. The number of hydrogen-bond donors (Lipinski definition) is 2. The van der Waals surface area contributed by atoms with E-state index in [-0.39, 0.29) is 18.2 Å². The van der Waals surface area contributed by atoms with E-state index in [9.17, 15) is 9.90 Å². The number of amides is 2. The zero-order valence-corrected chi connectivity index (χ0v) is 12.9. The summed E-state index contributed by atoms with van der Waals surface area (Å²) in [5.74, 6) is 0.555. The van der Waals surface area contributed by atoms with Crippen LogP contribution in [0.1, 0.15) is 18.4 Å². The lowest BCUT2D eigenvalue weighted by Crippen LogP contribution is -2.52. The third-order valence-corrected chi connectivity index (χ3v) is 4.97. The highest BCUT2D eigenvalue weighted by atomic mass is 16.3. The molecule has 2 saturated heterocycles. The lowest BCUT2D eigenvalue weighted by atomic mass is 9.74. The highest BCUT2D eigenvalue weighted by Crippen LogP contribution is 2.50. The number of aromatic nitrogens is 2. The molecular formula is C17H20N4O2. The van der Waals surface area contributed by atoms with Crippen molar-refractivity contribution in [3.8, 4) is 0 Å². The molecule has 2 aromatic rings. The quantitative estimate of drug-likeness (QED) is 0.906. The molecule has 23 heavy (non-hydrogen) atoms. The number of aliphatic hydroxyl groups excluding tert-OH is 1. The van der Waals surface area contributed by atoms with Crippen LogP contribution in [0.25, 0.3) is 0 Å². The third-order valence-electron chi connectivity index (χ3n) is 4.97. The van der Waals surface area contributed by atoms with Crippen LogP contribution in [-0.2, 0) is 6.54 Å². The summed E-state index contributed by atoms with van der Waals surface area (Å²) in [6.45, 7) is 1.47. The van der Waals surface area contributed by atoms with E-state index < -0.39 is 0 Å². The zero-order valence-electron chi connectivity index (χ0n) is 12.9. The first-order chi connectivity index (χ1) is 11.2. The van der Waals surface area contributed by atoms with Gasteiger partial charge in [-0.25, -0.2) is 4.79 Å².